The van der Waals surface area contributed by atoms with Gasteiger partial charge in [-0.1, -0.05) is 6.92 Å². The third-order valence-corrected chi connectivity index (χ3v) is 4.29. The molecule has 11 heteroatoms. The molecule has 1 unspecified atom stereocenters. The maximum Gasteiger partial charge on any atom is 0.246 e. The molecule has 11 nitrogen and oxygen atoms in total. The second-order valence-corrected chi connectivity index (χ2v) is 6.05. The van der Waals surface area contributed by atoms with E-state index in [0.717, 1.165) is 0 Å². The molecule has 142 valence electrons. The summed E-state index contributed by atoms with van der Waals surface area (Å²) in [6, 6.07) is 0. The zero-order chi connectivity index (χ0) is 19.0. The van der Waals surface area contributed by atoms with Crippen LogP contribution in [0, 0.1) is 0 Å². The van der Waals surface area contributed by atoms with E-state index in [1.807, 2.05) is 0 Å². The van der Waals surface area contributed by atoms with Crippen LogP contribution in [0.1, 0.15) is 26.0 Å². The Morgan fingerprint density at radius 3 is 2.81 bits per heavy atom. The van der Waals surface area contributed by atoms with Crippen LogP contribution in [0.5, 0.6) is 5.88 Å². The Bertz CT molecular complexity index is 811. The van der Waals surface area contributed by atoms with Crippen LogP contribution >= 0.6 is 0 Å². The number of imidazole rings is 1. The summed E-state index contributed by atoms with van der Waals surface area (Å²) < 4.78 is 12.0. The molecule has 26 heavy (non-hydrogen) atoms. The monoisotopic (exact) mass is 367 g/mol. The van der Waals surface area contributed by atoms with Crippen molar-refractivity contribution >= 4 is 22.9 Å². The summed E-state index contributed by atoms with van der Waals surface area (Å²) in [6.07, 6.45) is -4.80. The fraction of sp³-hybridized carbons (Fsp3) is 0.600. The van der Waals surface area contributed by atoms with Gasteiger partial charge in [0.05, 0.1) is 13.4 Å². The summed E-state index contributed by atoms with van der Waals surface area (Å²) in [5, 5.41) is 30.8. The van der Waals surface area contributed by atoms with Crippen LogP contribution in [-0.4, -0.2) is 72.1 Å². The highest BCUT2D eigenvalue weighted by Gasteiger charge is 2.48. The first kappa shape index (κ1) is 18.5. The maximum absolute atomic E-state index is 11.9. The van der Waals surface area contributed by atoms with E-state index in [2.05, 4.69) is 15.0 Å². The van der Waals surface area contributed by atoms with Crippen LogP contribution < -0.4 is 10.5 Å². The Kier molecular flexibility index (Phi) is 5.05. The fourth-order valence-electron chi connectivity index (χ4n) is 2.99. The van der Waals surface area contributed by atoms with Crippen molar-refractivity contribution in [2.75, 3.05) is 12.8 Å². The molecule has 1 saturated heterocycles. The molecule has 5 atom stereocenters. The third kappa shape index (κ3) is 2.98. The highest BCUT2D eigenvalue weighted by Crippen LogP contribution is 2.34. The van der Waals surface area contributed by atoms with Gasteiger partial charge in [-0.2, -0.15) is 9.97 Å². The van der Waals surface area contributed by atoms with Crippen LogP contribution in [-0.2, 0) is 9.53 Å². The number of rotatable bonds is 6. The lowest BCUT2D eigenvalue weighted by molar-refractivity contribution is -0.141. The van der Waals surface area contributed by atoms with E-state index in [9.17, 15) is 20.1 Å². The number of ether oxygens (including phenoxy) is 2. The molecule has 1 aliphatic rings. The summed E-state index contributed by atoms with van der Waals surface area (Å²) >= 11 is 0. The van der Waals surface area contributed by atoms with E-state index in [1.165, 1.54) is 18.0 Å². The van der Waals surface area contributed by atoms with Crippen molar-refractivity contribution in [2.45, 2.75) is 50.4 Å². The van der Waals surface area contributed by atoms with Gasteiger partial charge < -0.3 is 30.5 Å². The van der Waals surface area contributed by atoms with Crippen LogP contribution in [0.4, 0.5) is 5.95 Å². The minimum atomic E-state index is -1.55. The minimum Gasteiger partial charge on any atom is -0.479 e. The van der Waals surface area contributed by atoms with E-state index in [4.69, 9.17) is 15.2 Å². The molecule has 0 amide bonds. The van der Waals surface area contributed by atoms with Crippen molar-refractivity contribution < 1.29 is 29.6 Å². The van der Waals surface area contributed by atoms with Gasteiger partial charge in [0.15, 0.2) is 23.2 Å². The average molecular weight is 367 g/mol. The number of hydrogen-bond donors (Lipinski definition) is 4. The molecule has 0 spiro atoms. The molecule has 0 radical (unpaired) electrons. The molecule has 1 fully saturated rings. The Labute approximate surface area is 148 Å². The standard InChI is InChI=1S/C15H21N5O6/c1-3-4-6(21)8(22)11-9(23)10(24)14(26-11)20-5-17-7-12(20)18-15(16)19-13(7)25-2/h5,8-11,14,22-24H,3-4H2,1-2H3,(H2,16,18,19)/t8?,9-,10-,11+,14+/m0/s1. The molecule has 1 aliphatic heterocycles. The Morgan fingerprint density at radius 1 is 1.42 bits per heavy atom. The number of aliphatic hydroxyl groups excluding tert-OH is 3. The third-order valence-electron chi connectivity index (χ3n) is 4.29. The number of Topliss-reactive ketones (excluding diaryl/α,β-unsaturated/α-hetero) is 1. The zero-order valence-electron chi connectivity index (χ0n) is 14.3. The largest absolute Gasteiger partial charge is 0.479 e. The van der Waals surface area contributed by atoms with Gasteiger partial charge >= 0.3 is 0 Å². The van der Waals surface area contributed by atoms with Crippen molar-refractivity contribution in [2.24, 2.45) is 0 Å². The number of nitrogens with zero attached hydrogens (tertiary/aromatic N) is 4. The number of nitrogens with two attached hydrogens (primary N) is 1. The predicted molar refractivity (Wildman–Crippen MR) is 88.1 cm³/mol. The quantitative estimate of drug-likeness (QED) is 0.485. The van der Waals surface area contributed by atoms with Gasteiger partial charge in [-0.25, -0.2) is 4.98 Å². The predicted octanol–water partition coefficient (Wildman–Crippen LogP) is -1.23. The lowest BCUT2D eigenvalue weighted by Crippen LogP contribution is -2.42. The van der Waals surface area contributed by atoms with Gasteiger partial charge in [-0.3, -0.25) is 9.36 Å². The van der Waals surface area contributed by atoms with E-state index < -0.39 is 36.4 Å². The van der Waals surface area contributed by atoms with Gasteiger partial charge in [0, 0.05) is 6.42 Å². The van der Waals surface area contributed by atoms with E-state index in [1.54, 1.807) is 6.92 Å². The number of aromatic nitrogens is 4. The summed E-state index contributed by atoms with van der Waals surface area (Å²) in [5.74, 6) is -0.388. The molecule has 3 rings (SSSR count). The van der Waals surface area contributed by atoms with Gasteiger partial charge in [0.2, 0.25) is 11.8 Å². The molecule has 0 saturated carbocycles. The molecule has 0 bridgehead atoms. The number of ketones is 1. The Balaban J connectivity index is 1.94. The molecule has 3 heterocycles. The lowest BCUT2D eigenvalue weighted by atomic mass is 10.0. The topological polar surface area (TPSA) is 166 Å². The van der Waals surface area contributed by atoms with Gasteiger partial charge in [-0.05, 0) is 6.42 Å². The summed E-state index contributed by atoms with van der Waals surface area (Å²) in [5.41, 5.74) is 6.17. The molecule has 2 aromatic rings. The van der Waals surface area contributed by atoms with E-state index in [-0.39, 0.29) is 29.4 Å². The fourth-order valence-corrected chi connectivity index (χ4v) is 2.99. The van der Waals surface area contributed by atoms with Gasteiger partial charge in [-0.15, -0.1) is 0 Å². The van der Waals surface area contributed by atoms with Gasteiger partial charge in [0.1, 0.15) is 24.4 Å². The zero-order valence-corrected chi connectivity index (χ0v) is 14.3. The minimum absolute atomic E-state index is 0.0705. The van der Waals surface area contributed by atoms with Crippen LogP contribution in [0.2, 0.25) is 0 Å². The van der Waals surface area contributed by atoms with E-state index >= 15 is 0 Å². The first-order chi connectivity index (χ1) is 12.4. The van der Waals surface area contributed by atoms with Crippen LogP contribution in [0.3, 0.4) is 0 Å². The highest BCUT2D eigenvalue weighted by atomic mass is 16.6. The lowest BCUT2D eigenvalue weighted by Gasteiger charge is -2.19. The number of methoxy groups -OCH3 is 1. The molecule has 5 N–H and O–H groups in total. The SMILES string of the molecule is CCCC(=O)C(O)[C@H]1O[C@@H](n2cnc3c(OC)nc(N)nc32)[C@@H](O)[C@@H]1O. The molecular weight excluding hydrogens is 346 g/mol. The van der Waals surface area contributed by atoms with Crippen LogP contribution in [0.15, 0.2) is 6.33 Å². The normalized spacial score (nSPS) is 27.0. The number of hydrogen-bond acceptors (Lipinski definition) is 10. The van der Waals surface area contributed by atoms with Gasteiger partial charge in [0.25, 0.3) is 0 Å². The van der Waals surface area contributed by atoms with E-state index in [0.29, 0.717) is 6.42 Å². The highest BCUT2D eigenvalue weighted by molar-refractivity contribution is 5.83. The summed E-state index contributed by atoms with van der Waals surface area (Å²) in [6.45, 7) is 1.79. The maximum atomic E-state index is 11.9. The van der Waals surface area contributed by atoms with Crippen molar-refractivity contribution in [3.8, 4) is 5.88 Å². The second kappa shape index (κ2) is 7.11. The average Bonchev–Trinajstić information content (AvgIpc) is 3.15. The smallest absolute Gasteiger partial charge is 0.246 e. The Hall–Kier alpha value is -2.34. The van der Waals surface area contributed by atoms with Crippen molar-refractivity contribution in [3.05, 3.63) is 6.33 Å². The number of carbonyl (C=O) groups is 1. The summed E-state index contributed by atoms with van der Waals surface area (Å²) in [4.78, 5) is 24.0. The molecule has 0 aliphatic carbocycles. The second-order valence-electron chi connectivity index (χ2n) is 6.05. The Morgan fingerprint density at radius 2 is 2.15 bits per heavy atom. The van der Waals surface area contributed by atoms with Crippen molar-refractivity contribution in [1.82, 2.24) is 19.5 Å². The van der Waals surface area contributed by atoms with Crippen molar-refractivity contribution in [1.29, 1.82) is 0 Å². The first-order valence-electron chi connectivity index (χ1n) is 8.15. The number of nitrogen functional groups attached to an aromatic ring is 1. The van der Waals surface area contributed by atoms with Crippen LogP contribution in [0.25, 0.3) is 11.2 Å². The number of anilines is 1. The van der Waals surface area contributed by atoms with Crippen molar-refractivity contribution in [3.63, 3.8) is 0 Å². The first-order valence-corrected chi connectivity index (χ1v) is 8.15. The summed E-state index contributed by atoms with van der Waals surface area (Å²) in [7, 11) is 1.40. The molecular formula is C15H21N5O6. The molecule has 2 aromatic heterocycles. The number of carbonyl (C=O) groups excluding carboxylic acids is 1. The number of aliphatic hydroxyl groups is 3. The molecule has 0 aromatic carbocycles. The number of fused-ring (bicyclic) bond motifs is 1.